The van der Waals surface area contributed by atoms with E-state index in [4.69, 9.17) is 15.5 Å². The van der Waals surface area contributed by atoms with E-state index >= 15 is 0 Å². The number of primary amides is 1. The van der Waals surface area contributed by atoms with Gasteiger partial charge in [-0.3, -0.25) is 9.78 Å². The van der Waals surface area contributed by atoms with E-state index in [0.29, 0.717) is 5.56 Å². The number of hydrogen-bond acceptors (Lipinski definition) is 3. The summed E-state index contributed by atoms with van der Waals surface area (Å²) in [6, 6.07) is 14.1. The number of hydrogen-bond donors (Lipinski definition) is 1. The summed E-state index contributed by atoms with van der Waals surface area (Å²) in [7, 11) is 1.68. The summed E-state index contributed by atoms with van der Waals surface area (Å²) >= 11 is 0. The number of methoxy groups -OCH3 is 1. The predicted molar refractivity (Wildman–Crippen MR) is 103 cm³/mol. The van der Waals surface area contributed by atoms with Crippen LogP contribution in [0.5, 0.6) is 5.75 Å². The third-order valence-corrected chi connectivity index (χ3v) is 5.54. The zero-order valence-corrected chi connectivity index (χ0v) is 15.3. The van der Waals surface area contributed by atoms with Gasteiger partial charge in [0.2, 0.25) is 5.91 Å². The number of pyridine rings is 1. The van der Waals surface area contributed by atoms with Gasteiger partial charge in [0.25, 0.3) is 0 Å². The Labute approximate surface area is 153 Å². The molecule has 2 aromatic carbocycles. The maximum atomic E-state index is 11.8. The molecule has 0 bridgehead atoms. The molecule has 4 nitrogen and oxygen atoms in total. The Bertz CT molecular complexity index is 1040. The van der Waals surface area contributed by atoms with Gasteiger partial charge in [0.15, 0.2) is 0 Å². The zero-order chi connectivity index (χ0) is 18.5. The first-order valence-corrected chi connectivity index (χ1v) is 8.82. The van der Waals surface area contributed by atoms with E-state index in [-0.39, 0.29) is 11.3 Å². The average Bonchev–Trinajstić information content (AvgIpc) is 3.42. The van der Waals surface area contributed by atoms with Crippen molar-refractivity contribution in [3.05, 3.63) is 70.4 Å². The van der Waals surface area contributed by atoms with Crippen LogP contribution in [0.15, 0.2) is 42.5 Å². The van der Waals surface area contributed by atoms with E-state index in [9.17, 15) is 4.79 Å². The molecule has 1 aliphatic carbocycles. The molecule has 0 saturated heterocycles. The fraction of sp³-hybridized carbons (Fsp3) is 0.273. The molecule has 2 N–H and O–H groups in total. The van der Waals surface area contributed by atoms with E-state index < -0.39 is 0 Å². The van der Waals surface area contributed by atoms with Crippen molar-refractivity contribution in [2.75, 3.05) is 7.11 Å². The Hall–Kier alpha value is -2.88. The molecule has 0 spiro atoms. The van der Waals surface area contributed by atoms with Crippen LogP contribution in [0.4, 0.5) is 0 Å². The summed E-state index contributed by atoms with van der Waals surface area (Å²) in [6.45, 7) is 3.98. The third-order valence-electron chi connectivity index (χ3n) is 5.54. The molecule has 3 aromatic rings. The van der Waals surface area contributed by atoms with Crippen molar-refractivity contribution in [2.45, 2.75) is 32.1 Å². The molecule has 4 heteroatoms. The highest BCUT2D eigenvalue weighted by atomic mass is 16.5. The van der Waals surface area contributed by atoms with Crippen LogP contribution in [0.2, 0.25) is 0 Å². The second-order valence-electron chi connectivity index (χ2n) is 7.12. The minimum absolute atomic E-state index is 0.112. The second-order valence-corrected chi connectivity index (χ2v) is 7.12. The molecule has 26 heavy (non-hydrogen) atoms. The first-order chi connectivity index (χ1) is 12.5. The highest BCUT2D eigenvalue weighted by Gasteiger charge is 2.48. The lowest BCUT2D eigenvalue weighted by molar-refractivity contribution is 0.0999. The fourth-order valence-electron chi connectivity index (χ4n) is 4.05. The number of rotatable bonds is 4. The maximum Gasteiger partial charge on any atom is 0.248 e. The second kappa shape index (κ2) is 5.84. The number of carbonyl (C=O) groups excluding carboxylic acids is 1. The van der Waals surface area contributed by atoms with E-state index in [2.05, 4.69) is 18.2 Å². The van der Waals surface area contributed by atoms with Crippen molar-refractivity contribution in [3.8, 4) is 5.75 Å². The standard InChI is InChI=1S/C22H22N2O2/c1-13-7-8-17-19(11-15(26-3)12-20(17)24-13)22(9-10-22)18-6-4-5-16(14(18)2)21(23)25/h4-8,11-12H,9-10H2,1-3H3,(H2,23,25). The van der Waals surface area contributed by atoms with Gasteiger partial charge < -0.3 is 10.5 Å². The van der Waals surface area contributed by atoms with Gasteiger partial charge in [-0.15, -0.1) is 0 Å². The number of aryl methyl sites for hydroxylation is 1. The van der Waals surface area contributed by atoms with Crippen LogP contribution >= 0.6 is 0 Å². The van der Waals surface area contributed by atoms with E-state index in [1.165, 1.54) is 11.1 Å². The van der Waals surface area contributed by atoms with Crippen LogP contribution < -0.4 is 10.5 Å². The molecule has 0 atom stereocenters. The number of amides is 1. The number of aromatic nitrogens is 1. The van der Waals surface area contributed by atoms with E-state index in [1.807, 2.05) is 32.0 Å². The molecule has 1 fully saturated rings. The Kier molecular flexibility index (Phi) is 3.72. The molecule has 0 aliphatic heterocycles. The normalized spacial score (nSPS) is 15.0. The number of fused-ring (bicyclic) bond motifs is 1. The van der Waals surface area contributed by atoms with Crippen LogP contribution in [-0.2, 0) is 5.41 Å². The molecule has 1 heterocycles. The van der Waals surface area contributed by atoms with Crippen molar-refractivity contribution >= 4 is 16.8 Å². The van der Waals surface area contributed by atoms with Gasteiger partial charge in [-0.25, -0.2) is 0 Å². The molecule has 132 valence electrons. The van der Waals surface area contributed by atoms with Gasteiger partial charge in [-0.1, -0.05) is 18.2 Å². The largest absolute Gasteiger partial charge is 0.497 e. The number of ether oxygens (including phenoxy) is 1. The molecular formula is C22H22N2O2. The van der Waals surface area contributed by atoms with Gasteiger partial charge in [0.05, 0.1) is 12.6 Å². The molecule has 1 saturated carbocycles. The molecular weight excluding hydrogens is 324 g/mol. The van der Waals surface area contributed by atoms with Gasteiger partial charge in [0.1, 0.15) is 5.75 Å². The van der Waals surface area contributed by atoms with Crippen LogP contribution in [-0.4, -0.2) is 18.0 Å². The molecule has 4 rings (SSSR count). The summed E-state index contributed by atoms with van der Waals surface area (Å²) in [5.74, 6) is 0.425. The van der Waals surface area contributed by atoms with Gasteiger partial charge >= 0.3 is 0 Å². The summed E-state index contributed by atoms with van der Waals surface area (Å²) in [5, 5.41) is 1.14. The van der Waals surface area contributed by atoms with Crippen LogP contribution in [0.3, 0.4) is 0 Å². The van der Waals surface area contributed by atoms with Crippen molar-refractivity contribution in [1.82, 2.24) is 4.98 Å². The highest BCUT2D eigenvalue weighted by Crippen LogP contribution is 2.56. The maximum absolute atomic E-state index is 11.8. The number of nitrogens with two attached hydrogens (primary N) is 1. The number of nitrogens with zero attached hydrogens (tertiary/aromatic N) is 1. The van der Waals surface area contributed by atoms with Crippen LogP contribution in [0, 0.1) is 13.8 Å². The Balaban J connectivity index is 1.98. The fourth-order valence-corrected chi connectivity index (χ4v) is 4.05. The quantitative estimate of drug-likeness (QED) is 0.775. The molecule has 0 radical (unpaired) electrons. The minimum atomic E-state index is -0.382. The van der Waals surface area contributed by atoms with Crippen molar-refractivity contribution in [2.24, 2.45) is 5.73 Å². The lowest BCUT2D eigenvalue weighted by Crippen LogP contribution is -2.17. The van der Waals surface area contributed by atoms with E-state index in [0.717, 1.165) is 40.8 Å². The van der Waals surface area contributed by atoms with Crippen molar-refractivity contribution in [3.63, 3.8) is 0 Å². The van der Waals surface area contributed by atoms with Crippen LogP contribution in [0.25, 0.3) is 10.9 Å². The lowest BCUT2D eigenvalue weighted by Gasteiger charge is -2.22. The number of benzene rings is 2. The van der Waals surface area contributed by atoms with Crippen molar-refractivity contribution in [1.29, 1.82) is 0 Å². The first kappa shape index (κ1) is 16.6. The van der Waals surface area contributed by atoms with Gasteiger partial charge in [-0.05, 0) is 61.6 Å². The topological polar surface area (TPSA) is 65.2 Å². The Morgan fingerprint density at radius 3 is 2.54 bits per heavy atom. The predicted octanol–water partition coefficient (Wildman–Crippen LogP) is 4.04. The van der Waals surface area contributed by atoms with Crippen LogP contribution in [0.1, 0.15) is 45.6 Å². The molecule has 1 aromatic heterocycles. The van der Waals surface area contributed by atoms with Gasteiger partial charge in [0, 0.05) is 28.1 Å². The van der Waals surface area contributed by atoms with E-state index in [1.54, 1.807) is 13.2 Å². The van der Waals surface area contributed by atoms with Gasteiger partial charge in [-0.2, -0.15) is 0 Å². The highest BCUT2D eigenvalue weighted by molar-refractivity contribution is 5.95. The monoisotopic (exact) mass is 346 g/mol. The first-order valence-electron chi connectivity index (χ1n) is 8.82. The third kappa shape index (κ3) is 2.45. The number of carbonyl (C=O) groups is 1. The average molecular weight is 346 g/mol. The summed E-state index contributed by atoms with van der Waals surface area (Å²) in [5.41, 5.74) is 11.3. The minimum Gasteiger partial charge on any atom is -0.497 e. The Morgan fingerprint density at radius 2 is 1.88 bits per heavy atom. The molecule has 1 aliphatic rings. The summed E-state index contributed by atoms with van der Waals surface area (Å²) in [6.07, 6.45) is 2.07. The molecule has 0 unspecified atom stereocenters. The lowest BCUT2D eigenvalue weighted by atomic mass is 9.82. The molecule has 1 amide bonds. The smallest absolute Gasteiger partial charge is 0.248 e. The Morgan fingerprint density at radius 1 is 1.12 bits per heavy atom. The zero-order valence-electron chi connectivity index (χ0n) is 15.3. The van der Waals surface area contributed by atoms with Crippen molar-refractivity contribution < 1.29 is 9.53 Å². The SMILES string of the molecule is COc1cc(C2(c3cccc(C(N)=O)c3C)CC2)c2ccc(C)nc2c1. The summed E-state index contributed by atoms with van der Waals surface area (Å²) in [4.78, 5) is 16.5. The summed E-state index contributed by atoms with van der Waals surface area (Å²) < 4.78 is 5.54.